The van der Waals surface area contributed by atoms with E-state index in [9.17, 15) is 24.3 Å². The van der Waals surface area contributed by atoms with Crippen LogP contribution in [0.2, 0.25) is 0 Å². The summed E-state index contributed by atoms with van der Waals surface area (Å²) in [6.45, 7) is 2.55. The maximum atomic E-state index is 12.7. The third-order valence-corrected chi connectivity index (χ3v) is 5.42. The Morgan fingerprint density at radius 3 is 2.46 bits per heavy atom. The maximum absolute atomic E-state index is 12.7. The summed E-state index contributed by atoms with van der Waals surface area (Å²) in [5, 5.41) is 26.8. The second kappa shape index (κ2) is 10.1. The van der Waals surface area contributed by atoms with Crippen LogP contribution in [-0.4, -0.2) is 87.9 Å². The quantitative estimate of drug-likeness (QED) is 0.253. The summed E-state index contributed by atoms with van der Waals surface area (Å²) in [6, 6.07) is -3.59. The van der Waals surface area contributed by atoms with Crippen LogP contribution in [0.5, 0.6) is 0 Å². The number of nitrogens with one attached hydrogen (secondary N) is 3. The van der Waals surface area contributed by atoms with Crippen molar-refractivity contribution in [1.82, 2.24) is 20.9 Å². The average Bonchev–Trinajstić information content (AvgIpc) is 3.34. The van der Waals surface area contributed by atoms with Gasteiger partial charge in [-0.2, -0.15) is 12.6 Å². The lowest BCUT2D eigenvalue weighted by molar-refractivity contribution is -0.143. The number of rotatable bonds is 8. The molecule has 2 aliphatic heterocycles. The van der Waals surface area contributed by atoms with E-state index in [0.717, 1.165) is 19.4 Å². The number of thiol groups is 1. The Hall–Kier alpha value is -1.85. The van der Waals surface area contributed by atoms with Gasteiger partial charge in [0, 0.05) is 12.3 Å². The Balaban J connectivity index is 2.03. The highest BCUT2D eigenvalue weighted by Gasteiger charge is 2.39. The number of carboxylic acid groups (broad SMARTS) is 1. The van der Waals surface area contributed by atoms with Crippen LogP contribution in [0, 0.1) is 0 Å². The molecular formula is C17H28N4O6S. The summed E-state index contributed by atoms with van der Waals surface area (Å²) in [7, 11) is 0. The van der Waals surface area contributed by atoms with Crippen molar-refractivity contribution in [3.8, 4) is 0 Å². The van der Waals surface area contributed by atoms with Gasteiger partial charge >= 0.3 is 5.97 Å². The molecule has 2 heterocycles. The van der Waals surface area contributed by atoms with Gasteiger partial charge in [-0.25, -0.2) is 4.79 Å². The molecule has 3 amide bonds. The predicted octanol–water partition coefficient (Wildman–Crippen LogP) is -1.91. The van der Waals surface area contributed by atoms with E-state index < -0.39 is 42.0 Å². The monoisotopic (exact) mass is 416 g/mol. The molecule has 0 bridgehead atoms. The minimum absolute atomic E-state index is 0.130. The molecule has 2 fully saturated rings. The fourth-order valence-electron chi connectivity index (χ4n) is 3.50. The first-order valence-corrected chi connectivity index (χ1v) is 10.1. The number of carbonyl (C=O) groups is 4. The van der Waals surface area contributed by atoms with Crippen LogP contribution in [0.4, 0.5) is 0 Å². The van der Waals surface area contributed by atoms with E-state index in [-0.39, 0.29) is 17.7 Å². The van der Waals surface area contributed by atoms with Gasteiger partial charge in [-0.15, -0.1) is 0 Å². The minimum Gasteiger partial charge on any atom is -0.480 e. The van der Waals surface area contributed by atoms with Crippen LogP contribution < -0.4 is 16.0 Å². The van der Waals surface area contributed by atoms with E-state index >= 15 is 0 Å². The molecule has 2 aliphatic rings. The summed E-state index contributed by atoms with van der Waals surface area (Å²) < 4.78 is 0. The van der Waals surface area contributed by atoms with E-state index in [1.807, 2.05) is 0 Å². The Morgan fingerprint density at radius 2 is 1.93 bits per heavy atom. The maximum Gasteiger partial charge on any atom is 0.327 e. The van der Waals surface area contributed by atoms with E-state index in [0.29, 0.717) is 19.4 Å². The van der Waals surface area contributed by atoms with Gasteiger partial charge in [0.15, 0.2) is 0 Å². The third-order valence-electron chi connectivity index (χ3n) is 5.06. The second-order valence-electron chi connectivity index (χ2n) is 7.15. The van der Waals surface area contributed by atoms with Crippen molar-refractivity contribution >= 4 is 36.3 Å². The zero-order valence-corrected chi connectivity index (χ0v) is 16.7. The Labute approximate surface area is 168 Å². The smallest absolute Gasteiger partial charge is 0.327 e. The van der Waals surface area contributed by atoms with Gasteiger partial charge in [0.25, 0.3) is 0 Å². The van der Waals surface area contributed by atoms with Crippen molar-refractivity contribution in [2.24, 2.45) is 0 Å². The summed E-state index contributed by atoms with van der Waals surface area (Å²) in [5.74, 6) is -2.90. The van der Waals surface area contributed by atoms with E-state index in [1.54, 1.807) is 0 Å². The van der Waals surface area contributed by atoms with Crippen molar-refractivity contribution < 1.29 is 29.4 Å². The molecule has 2 saturated heterocycles. The lowest BCUT2D eigenvalue weighted by Gasteiger charge is -2.29. The zero-order chi connectivity index (χ0) is 20.8. The first-order valence-electron chi connectivity index (χ1n) is 9.42. The highest BCUT2D eigenvalue weighted by Crippen LogP contribution is 2.21. The molecule has 5 unspecified atom stereocenters. The number of carboxylic acids is 1. The second-order valence-corrected chi connectivity index (χ2v) is 7.51. The molecule has 2 rings (SSSR count). The average molecular weight is 416 g/mol. The largest absolute Gasteiger partial charge is 0.480 e. The number of hydrogen-bond donors (Lipinski definition) is 6. The van der Waals surface area contributed by atoms with Crippen LogP contribution in [-0.2, 0) is 19.2 Å². The number of aliphatic hydroxyl groups excluding tert-OH is 1. The fourth-order valence-corrected chi connectivity index (χ4v) is 3.75. The van der Waals surface area contributed by atoms with E-state index in [1.165, 1.54) is 11.8 Å². The van der Waals surface area contributed by atoms with Gasteiger partial charge in [0.1, 0.15) is 18.1 Å². The molecule has 5 atom stereocenters. The van der Waals surface area contributed by atoms with E-state index in [4.69, 9.17) is 5.11 Å². The standard InChI is InChI=1S/C17H28N4O6S/c1-9(22)13(15(24)19-11(8-28)17(26)27)20-14(23)12-5-3-7-21(12)16(25)10-4-2-6-18-10/h9-13,18,22,28H,2-8H2,1H3,(H,19,24)(H,20,23)(H,26,27). The molecule has 0 saturated carbocycles. The highest BCUT2D eigenvalue weighted by atomic mass is 32.1. The molecule has 0 spiro atoms. The van der Waals surface area contributed by atoms with Crippen LogP contribution in [0.25, 0.3) is 0 Å². The Bertz CT molecular complexity index is 610. The summed E-state index contributed by atoms with van der Waals surface area (Å²) in [4.78, 5) is 50.3. The Kier molecular flexibility index (Phi) is 8.08. The van der Waals surface area contributed by atoms with Crippen molar-refractivity contribution in [2.45, 2.75) is 62.9 Å². The number of likely N-dealkylation sites (tertiary alicyclic amines) is 1. The number of hydrogen-bond acceptors (Lipinski definition) is 7. The first-order chi connectivity index (χ1) is 13.3. The number of carbonyl (C=O) groups excluding carboxylic acids is 3. The van der Waals surface area contributed by atoms with Crippen LogP contribution >= 0.6 is 12.6 Å². The topological polar surface area (TPSA) is 148 Å². The van der Waals surface area contributed by atoms with Crippen molar-refractivity contribution in [3.05, 3.63) is 0 Å². The van der Waals surface area contributed by atoms with Gasteiger partial charge in [-0.1, -0.05) is 0 Å². The molecular weight excluding hydrogens is 388 g/mol. The van der Waals surface area contributed by atoms with E-state index in [2.05, 4.69) is 28.6 Å². The molecule has 0 aromatic rings. The number of amides is 3. The predicted molar refractivity (Wildman–Crippen MR) is 103 cm³/mol. The van der Waals surface area contributed by atoms with Crippen molar-refractivity contribution in [3.63, 3.8) is 0 Å². The van der Waals surface area contributed by atoms with Crippen molar-refractivity contribution in [2.75, 3.05) is 18.8 Å². The number of nitrogens with zero attached hydrogens (tertiary/aromatic N) is 1. The summed E-state index contributed by atoms with van der Waals surface area (Å²) in [5.41, 5.74) is 0. The highest BCUT2D eigenvalue weighted by molar-refractivity contribution is 7.80. The molecule has 28 heavy (non-hydrogen) atoms. The van der Waals surface area contributed by atoms with Gasteiger partial charge in [-0.05, 0) is 39.2 Å². The fraction of sp³-hybridized carbons (Fsp3) is 0.765. The molecule has 0 aromatic carbocycles. The SMILES string of the molecule is CC(O)C(NC(=O)C1CCCN1C(=O)C1CCCN1)C(=O)NC(CS)C(=O)O. The molecule has 10 nitrogen and oxygen atoms in total. The molecule has 158 valence electrons. The van der Waals surface area contributed by atoms with Gasteiger partial charge in [0.2, 0.25) is 17.7 Å². The summed E-state index contributed by atoms with van der Waals surface area (Å²) >= 11 is 3.87. The van der Waals surface area contributed by atoms with Crippen LogP contribution in [0.3, 0.4) is 0 Å². The third kappa shape index (κ3) is 5.36. The number of aliphatic carboxylic acids is 1. The van der Waals surface area contributed by atoms with Crippen LogP contribution in [0.15, 0.2) is 0 Å². The van der Waals surface area contributed by atoms with Gasteiger partial charge in [0.05, 0.1) is 12.1 Å². The summed E-state index contributed by atoms with van der Waals surface area (Å²) in [6.07, 6.45) is 1.51. The lowest BCUT2D eigenvalue weighted by Crippen LogP contribution is -2.59. The van der Waals surface area contributed by atoms with Crippen LogP contribution in [0.1, 0.15) is 32.6 Å². The molecule has 0 aliphatic carbocycles. The van der Waals surface area contributed by atoms with Crippen molar-refractivity contribution in [1.29, 1.82) is 0 Å². The Morgan fingerprint density at radius 1 is 1.21 bits per heavy atom. The minimum atomic E-state index is -1.34. The molecule has 0 aromatic heterocycles. The van der Waals surface area contributed by atoms with Gasteiger partial charge in [-0.3, -0.25) is 14.4 Å². The molecule has 0 radical (unpaired) electrons. The zero-order valence-electron chi connectivity index (χ0n) is 15.8. The lowest BCUT2D eigenvalue weighted by atomic mass is 10.1. The van der Waals surface area contributed by atoms with Gasteiger partial charge < -0.3 is 31.1 Å². The molecule has 5 N–H and O–H groups in total. The number of aliphatic hydroxyl groups is 1. The normalized spacial score (nSPS) is 25.0. The first kappa shape index (κ1) is 22.4. The molecule has 11 heteroatoms.